The number of carbonyl (C=O) groups is 1. The Morgan fingerprint density at radius 1 is 1.05 bits per heavy atom. The second-order valence-corrected chi connectivity index (χ2v) is 10.0. The molecule has 10 heteroatoms. The van der Waals surface area contributed by atoms with Crippen LogP contribution in [0.25, 0.3) is 28.0 Å². The quantitative estimate of drug-likeness (QED) is 0.214. The second-order valence-electron chi connectivity index (χ2n) is 8.21. The monoisotopic (exact) mass is 534 g/mol. The molecule has 0 aliphatic rings. The van der Waals surface area contributed by atoms with Crippen LogP contribution in [0.2, 0.25) is 0 Å². The summed E-state index contributed by atoms with van der Waals surface area (Å²) < 4.78 is 30.4. The maximum Gasteiger partial charge on any atom is 0.256 e. The predicted molar refractivity (Wildman–Crippen MR) is 144 cm³/mol. The van der Waals surface area contributed by atoms with E-state index in [0.29, 0.717) is 27.5 Å². The summed E-state index contributed by atoms with van der Waals surface area (Å²) in [5, 5.41) is 5.60. The number of aromatic nitrogens is 3. The number of para-hydroxylation sites is 1. The molecule has 0 fully saturated rings. The zero-order chi connectivity index (χ0) is 26.1. The zero-order valence-electron chi connectivity index (χ0n) is 19.8. The number of benzene rings is 2. The second kappa shape index (κ2) is 10.2. The van der Waals surface area contributed by atoms with E-state index in [1.807, 2.05) is 30.5 Å². The van der Waals surface area contributed by atoms with Crippen LogP contribution in [-0.4, -0.2) is 26.7 Å². The van der Waals surface area contributed by atoms with Gasteiger partial charge in [-0.2, -0.15) is 0 Å². The van der Waals surface area contributed by atoms with E-state index in [-0.39, 0.29) is 18.0 Å². The maximum atomic E-state index is 14.7. The molecule has 0 unspecified atom stereocenters. The molecule has 0 saturated heterocycles. The lowest BCUT2D eigenvalue weighted by atomic mass is 10.0. The number of thioether (sulfide) groups is 1. The van der Waals surface area contributed by atoms with Crippen molar-refractivity contribution in [3.63, 3.8) is 0 Å². The first-order valence-corrected chi connectivity index (χ1v) is 13.3. The SMILES string of the molecule is CSc1nc(-c2cc(NC(=O)Cc3cccs3)ccc2C)c2ccc(=O)n(-c3c(F)cccc3F)c2n1. The molecule has 186 valence electrons. The van der Waals surface area contributed by atoms with Crippen molar-refractivity contribution in [2.45, 2.75) is 18.5 Å². The topological polar surface area (TPSA) is 76.9 Å². The largest absolute Gasteiger partial charge is 0.326 e. The standard InChI is InChI=1S/C27H20F2N4O2S2/c1-15-8-9-16(30-22(34)14-17-5-4-12-37-17)13-19(15)24-18-10-11-23(35)33(26(18)32-27(31-24)36-2)25-20(28)6-3-7-21(25)29/h3-13H,14H2,1-2H3,(H,30,34). The summed E-state index contributed by atoms with van der Waals surface area (Å²) in [6.45, 7) is 1.89. The van der Waals surface area contributed by atoms with Gasteiger partial charge in [0.25, 0.3) is 5.56 Å². The van der Waals surface area contributed by atoms with Crippen molar-refractivity contribution in [1.29, 1.82) is 0 Å². The summed E-state index contributed by atoms with van der Waals surface area (Å²) in [6, 6.07) is 15.5. The third-order valence-electron chi connectivity index (χ3n) is 5.76. The highest BCUT2D eigenvalue weighted by atomic mass is 32.2. The van der Waals surface area contributed by atoms with Crippen LogP contribution < -0.4 is 10.9 Å². The van der Waals surface area contributed by atoms with Gasteiger partial charge in [-0.05, 0) is 60.5 Å². The van der Waals surface area contributed by atoms with Gasteiger partial charge < -0.3 is 5.32 Å². The lowest BCUT2D eigenvalue weighted by molar-refractivity contribution is -0.115. The molecule has 3 aromatic heterocycles. The van der Waals surface area contributed by atoms with Crippen molar-refractivity contribution >= 4 is 45.7 Å². The molecule has 0 aliphatic heterocycles. The molecule has 0 saturated carbocycles. The summed E-state index contributed by atoms with van der Waals surface area (Å²) >= 11 is 2.75. The van der Waals surface area contributed by atoms with E-state index in [4.69, 9.17) is 0 Å². The summed E-state index contributed by atoms with van der Waals surface area (Å²) in [4.78, 5) is 35.5. The Bertz CT molecular complexity index is 1680. The van der Waals surface area contributed by atoms with Crippen LogP contribution in [0.5, 0.6) is 0 Å². The molecule has 0 aliphatic carbocycles. The predicted octanol–water partition coefficient (Wildman–Crippen LogP) is 6.00. The molecule has 6 nitrogen and oxygen atoms in total. The molecule has 5 aromatic rings. The smallest absolute Gasteiger partial charge is 0.256 e. The van der Waals surface area contributed by atoms with E-state index in [1.54, 1.807) is 24.5 Å². The zero-order valence-corrected chi connectivity index (χ0v) is 21.4. The number of hydrogen-bond acceptors (Lipinski definition) is 6. The molecule has 1 N–H and O–H groups in total. The van der Waals surface area contributed by atoms with Crippen molar-refractivity contribution in [3.05, 3.63) is 98.5 Å². The van der Waals surface area contributed by atoms with Crippen LogP contribution in [0, 0.1) is 18.6 Å². The van der Waals surface area contributed by atoms with Crippen LogP contribution in [-0.2, 0) is 11.2 Å². The number of rotatable bonds is 6. The Hall–Kier alpha value is -3.89. The van der Waals surface area contributed by atoms with Crippen molar-refractivity contribution < 1.29 is 13.6 Å². The molecule has 0 bridgehead atoms. The van der Waals surface area contributed by atoms with Gasteiger partial charge in [0.1, 0.15) is 17.3 Å². The first-order valence-electron chi connectivity index (χ1n) is 11.2. The minimum Gasteiger partial charge on any atom is -0.326 e. The molecule has 37 heavy (non-hydrogen) atoms. The Kier molecular flexibility index (Phi) is 6.86. The number of pyridine rings is 1. The van der Waals surface area contributed by atoms with Gasteiger partial charge in [0, 0.05) is 27.6 Å². The van der Waals surface area contributed by atoms with Gasteiger partial charge in [0.05, 0.1) is 12.1 Å². The number of nitrogens with zero attached hydrogens (tertiary/aromatic N) is 3. The molecule has 1 amide bonds. The number of fused-ring (bicyclic) bond motifs is 1. The van der Waals surface area contributed by atoms with Crippen LogP contribution in [0.15, 0.2) is 76.0 Å². The highest BCUT2D eigenvalue weighted by Gasteiger charge is 2.20. The van der Waals surface area contributed by atoms with Crippen LogP contribution >= 0.6 is 23.1 Å². The third kappa shape index (κ3) is 4.90. The molecular weight excluding hydrogens is 514 g/mol. The summed E-state index contributed by atoms with van der Waals surface area (Å²) in [5.41, 5.74) is 1.56. The number of thiophene rings is 1. The van der Waals surface area contributed by atoms with Gasteiger partial charge in [-0.25, -0.2) is 18.7 Å². The highest BCUT2D eigenvalue weighted by molar-refractivity contribution is 7.98. The summed E-state index contributed by atoms with van der Waals surface area (Å²) in [7, 11) is 0. The minimum absolute atomic E-state index is 0.0809. The fourth-order valence-electron chi connectivity index (χ4n) is 4.04. The van der Waals surface area contributed by atoms with Crippen molar-refractivity contribution in [3.8, 4) is 16.9 Å². The first-order chi connectivity index (χ1) is 17.9. The number of halogens is 2. The fourth-order valence-corrected chi connectivity index (χ4v) is 5.11. The first kappa shape index (κ1) is 24.8. The molecule has 5 rings (SSSR count). The van der Waals surface area contributed by atoms with Gasteiger partial charge in [0.2, 0.25) is 5.91 Å². The van der Waals surface area contributed by atoms with Gasteiger partial charge in [0.15, 0.2) is 10.8 Å². The van der Waals surface area contributed by atoms with E-state index in [0.717, 1.165) is 27.1 Å². The molecule has 3 heterocycles. The van der Waals surface area contributed by atoms with Gasteiger partial charge in [-0.1, -0.05) is 30.0 Å². The normalized spacial score (nSPS) is 11.1. The van der Waals surface area contributed by atoms with Crippen LogP contribution in [0.1, 0.15) is 10.4 Å². The third-order valence-corrected chi connectivity index (χ3v) is 7.19. The van der Waals surface area contributed by atoms with Crippen molar-refractivity contribution in [2.24, 2.45) is 0 Å². The molecule has 0 radical (unpaired) electrons. The average molecular weight is 535 g/mol. The van der Waals surface area contributed by atoms with Gasteiger partial charge in [-0.3, -0.25) is 14.2 Å². The summed E-state index contributed by atoms with van der Waals surface area (Å²) in [5.74, 6) is -1.92. The Labute approximate surface area is 219 Å². The Morgan fingerprint density at radius 2 is 1.84 bits per heavy atom. The number of aryl methyl sites for hydroxylation is 1. The lowest BCUT2D eigenvalue weighted by Gasteiger charge is -2.16. The fraction of sp³-hybridized carbons (Fsp3) is 0.111. The van der Waals surface area contributed by atoms with Gasteiger partial charge >= 0.3 is 0 Å². The van der Waals surface area contributed by atoms with E-state index in [1.165, 1.54) is 35.2 Å². The minimum atomic E-state index is -0.882. The number of hydrogen-bond donors (Lipinski definition) is 1. The molecular formula is C27H20F2N4O2S2. The van der Waals surface area contributed by atoms with Crippen LogP contribution in [0.4, 0.5) is 14.5 Å². The van der Waals surface area contributed by atoms with E-state index >= 15 is 0 Å². The number of carbonyl (C=O) groups excluding carboxylic acids is 1. The highest BCUT2D eigenvalue weighted by Crippen LogP contribution is 2.33. The average Bonchev–Trinajstić information content (AvgIpc) is 3.38. The molecule has 0 atom stereocenters. The van der Waals surface area contributed by atoms with Crippen LogP contribution in [0.3, 0.4) is 0 Å². The number of amides is 1. The van der Waals surface area contributed by atoms with Crippen molar-refractivity contribution in [2.75, 3.05) is 11.6 Å². The Morgan fingerprint density at radius 3 is 2.54 bits per heavy atom. The number of nitrogens with one attached hydrogen (secondary N) is 1. The van der Waals surface area contributed by atoms with E-state index in [2.05, 4.69) is 15.3 Å². The number of anilines is 1. The van der Waals surface area contributed by atoms with E-state index in [9.17, 15) is 18.4 Å². The lowest BCUT2D eigenvalue weighted by Crippen LogP contribution is -2.21. The van der Waals surface area contributed by atoms with Crippen molar-refractivity contribution in [1.82, 2.24) is 14.5 Å². The summed E-state index contributed by atoms with van der Waals surface area (Å²) in [6.07, 6.45) is 2.03. The molecule has 0 spiro atoms. The van der Waals surface area contributed by atoms with Gasteiger partial charge in [-0.15, -0.1) is 11.3 Å². The van der Waals surface area contributed by atoms with E-state index < -0.39 is 22.9 Å². The Balaban J connectivity index is 1.67. The molecule has 2 aromatic carbocycles. The maximum absolute atomic E-state index is 14.7.